The number of anilines is 1. The zero-order chi connectivity index (χ0) is 22.9. The topological polar surface area (TPSA) is 100 Å². The van der Waals surface area contributed by atoms with Gasteiger partial charge in [-0.3, -0.25) is 19.1 Å². The second kappa shape index (κ2) is 8.48. The Bertz CT molecular complexity index is 1240. The lowest BCUT2D eigenvalue weighted by molar-refractivity contribution is -0.137. The maximum Gasteiger partial charge on any atom is 0.417 e. The molecule has 0 saturated carbocycles. The Labute approximate surface area is 179 Å². The van der Waals surface area contributed by atoms with Crippen molar-refractivity contribution in [1.82, 2.24) is 19.9 Å². The van der Waals surface area contributed by atoms with Gasteiger partial charge in [0.2, 0.25) is 5.91 Å². The molecule has 4 rings (SSSR count). The van der Waals surface area contributed by atoms with Crippen molar-refractivity contribution in [2.45, 2.75) is 31.6 Å². The van der Waals surface area contributed by atoms with Gasteiger partial charge in [-0.2, -0.15) is 13.2 Å². The van der Waals surface area contributed by atoms with E-state index < -0.39 is 23.0 Å². The van der Waals surface area contributed by atoms with Crippen LogP contribution in [0.2, 0.25) is 0 Å². The van der Waals surface area contributed by atoms with E-state index in [4.69, 9.17) is 0 Å². The van der Waals surface area contributed by atoms with E-state index in [2.05, 4.69) is 15.3 Å². The number of nitrogens with one attached hydrogen (secondary N) is 2. The molecule has 2 aromatic heterocycles. The highest BCUT2D eigenvalue weighted by atomic mass is 19.4. The second-order valence-corrected chi connectivity index (χ2v) is 7.59. The Hall–Kier alpha value is -3.63. The fourth-order valence-electron chi connectivity index (χ4n) is 3.81. The Morgan fingerprint density at radius 2 is 1.84 bits per heavy atom. The number of pyridine rings is 1. The van der Waals surface area contributed by atoms with Crippen LogP contribution in [0.15, 0.2) is 52.2 Å². The molecule has 0 bridgehead atoms. The van der Waals surface area contributed by atoms with E-state index in [-0.39, 0.29) is 18.5 Å². The molecule has 168 valence electrons. The summed E-state index contributed by atoms with van der Waals surface area (Å²) < 4.78 is 39.3. The molecule has 11 heteroatoms. The van der Waals surface area contributed by atoms with Crippen LogP contribution in [0.4, 0.5) is 19.0 Å². The molecule has 0 radical (unpaired) electrons. The van der Waals surface area contributed by atoms with Crippen LogP contribution in [-0.4, -0.2) is 39.6 Å². The maximum absolute atomic E-state index is 12.7. The molecule has 0 aliphatic carbocycles. The maximum atomic E-state index is 12.7. The highest BCUT2D eigenvalue weighted by Gasteiger charge is 2.31. The monoisotopic (exact) mass is 447 g/mol. The number of carbonyl (C=O) groups is 1. The lowest BCUT2D eigenvalue weighted by Crippen LogP contribution is -2.46. The molecule has 8 nitrogen and oxygen atoms in total. The highest BCUT2D eigenvalue weighted by Crippen LogP contribution is 2.29. The van der Waals surface area contributed by atoms with Gasteiger partial charge in [-0.15, -0.1) is 0 Å². The van der Waals surface area contributed by atoms with Crippen LogP contribution in [-0.2, 0) is 17.5 Å². The van der Waals surface area contributed by atoms with E-state index in [1.165, 1.54) is 10.6 Å². The van der Waals surface area contributed by atoms with Crippen molar-refractivity contribution in [2.24, 2.45) is 0 Å². The molecule has 2 N–H and O–H groups in total. The summed E-state index contributed by atoms with van der Waals surface area (Å²) in [7, 11) is 0. The summed E-state index contributed by atoms with van der Waals surface area (Å²) in [6.07, 6.45) is -2.46. The number of piperidine rings is 1. The van der Waals surface area contributed by atoms with E-state index in [0.29, 0.717) is 42.7 Å². The van der Waals surface area contributed by atoms with Crippen LogP contribution in [0.5, 0.6) is 0 Å². The average Bonchev–Trinajstić information content (AvgIpc) is 2.77. The normalized spacial score (nSPS) is 15.2. The fraction of sp³-hybridized carbons (Fsp3) is 0.333. The third kappa shape index (κ3) is 4.51. The summed E-state index contributed by atoms with van der Waals surface area (Å²) in [4.78, 5) is 44.7. The summed E-state index contributed by atoms with van der Waals surface area (Å²) in [5.41, 5.74) is -1.59. The van der Waals surface area contributed by atoms with Crippen LogP contribution >= 0.6 is 0 Å². The zero-order valence-corrected chi connectivity index (χ0v) is 16.9. The molecule has 0 unspecified atom stereocenters. The van der Waals surface area contributed by atoms with E-state index in [1.807, 2.05) is 4.90 Å². The van der Waals surface area contributed by atoms with E-state index >= 15 is 0 Å². The SMILES string of the molecule is O=C(Cn1c(=O)[nH]c(=O)c2ccccc21)NC1CCN(c2ccc(C(F)(F)F)cn2)CC1. The van der Waals surface area contributed by atoms with Gasteiger partial charge >= 0.3 is 11.9 Å². The van der Waals surface area contributed by atoms with Crippen molar-refractivity contribution in [3.8, 4) is 0 Å². The Kier molecular flexibility index (Phi) is 5.72. The van der Waals surface area contributed by atoms with Crippen LogP contribution < -0.4 is 21.5 Å². The Morgan fingerprint density at radius 1 is 1.12 bits per heavy atom. The van der Waals surface area contributed by atoms with Gasteiger partial charge in [-0.25, -0.2) is 9.78 Å². The molecule has 0 spiro atoms. The third-order valence-electron chi connectivity index (χ3n) is 5.47. The lowest BCUT2D eigenvalue weighted by atomic mass is 10.0. The molecule has 3 heterocycles. The fourth-order valence-corrected chi connectivity index (χ4v) is 3.81. The summed E-state index contributed by atoms with van der Waals surface area (Å²) in [6, 6.07) is 8.74. The first kappa shape index (κ1) is 21.6. The lowest BCUT2D eigenvalue weighted by Gasteiger charge is -2.33. The number of halogens is 3. The number of hydrogen-bond acceptors (Lipinski definition) is 5. The average molecular weight is 447 g/mol. The molecular weight excluding hydrogens is 427 g/mol. The molecule has 1 amide bonds. The van der Waals surface area contributed by atoms with Gasteiger partial charge in [0.15, 0.2) is 0 Å². The summed E-state index contributed by atoms with van der Waals surface area (Å²) >= 11 is 0. The third-order valence-corrected chi connectivity index (χ3v) is 5.47. The predicted molar refractivity (Wildman–Crippen MR) is 111 cm³/mol. The van der Waals surface area contributed by atoms with Gasteiger partial charge in [0.25, 0.3) is 5.56 Å². The van der Waals surface area contributed by atoms with Crippen molar-refractivity contribution < 1.29 is 18.0 Å². The van der Waals surface area contributed by atoms with Crippen LogP contribution in [0.25, 0.3) is 10.9 Å². The van der Waals surface area contributed by atoms with Crippen molar-refractivity contribution in [3.05, 3.63) is 69.0 Å². The molecule has 1 aromatic carbocycles. The Balaban J connectivity index is 1.37. The molecule has 32 heavy (non-hydrogen) atoms. The van der Waals surface area contributed by atoms with Gasteiger partial charge in [-0.05, 0) is 37.1 Å². The van der Waals surface area contributed by atoms with Gasteiger partial charge in [0, 0.05) is 25.3 Å². The van der Waals surface area contributed by atoms with E-state index in [9.17, 15) is 27.6 Å². The van der Waals surface area contributed by atoms with Crippen LogP contribution in [0.1, 0.15) is 18.4 Å². The summed E-state index contributed by atoms with van der Waals surface area (Å²) in [5, 5.41) is 3.21. The molecule has 1 saturated heterocycles. The van der Waals surface area contributed by atoms with Gasteiger partial charge in [0.1, 0.15) is 12.4 Å². The van der Waals surface area contributed by atoms with Gasteiger partial charge < -0.3 is 10.2 Å². The molecule has 1 fully saturated rings. The first-order valence-electron chi connectivity index (χ1n) is 10.0. The number of alkyl halides is 3. The van der Waals surface area contributed by atoms with Crippen molar-refractivity contribution in [1.29, 1.82) is 0 Å². The standard InChI is InChI=1S/C21H20F3N5O3/c22-21(23,24)13-5-6-17(25-11-13)28-9-7-14(8-10-28)26-18(30)12-29-16-4-2-1-3-15(16)19(31)27-20(29)32/h1-6,11,14H,7-10,12H2,(H,26,30)(H,27,31,32). The van der Waals surface area contributed by atoms with Crippen molar-refractivity contribution in [2.75, 3.05) is 18.0 Å². The first-order chi connectivity index (χ1) is 15.2. The minimum absolute atomic E-state index is 0.141. The van der Waals surface area contributed by atoms with Crippen molar-refractivity contribution in [3.63, 3.8) is 0 Å². The number of benzene rings is 1. The largest absolute Gasteiger partial charge is 0.417 e. The number of nitrogens with zero attached hydrogens (tertiary/aromatic N) is 3. The van der Waals surface area contributed by atoms with Crippen molar-refractivity contribution >= 4 is 22.6 Å². The Morgan fingerprint density at radius 3 is 2.50 bits per heavy atom. The van der Waals surface area contributed by atoms with E-state index in [0.717, 1.165) is 12.3 Å². The smallest absolute Gasteiger partial charge is 0.356 e. The number of aromatic nitrogens is 3. The first-order valence-corrected chi connectivity index (χ1v) is 10.0. The molecule has 0 atom stereocenters. The summed E-state index contributed by atoms with van der Waals surface area (Å²) in [6.45, 7) is 0.798. The number of H-pyrrole nitrogens is 1. The quantitative estimate of drug-likeness (QED) is 0.636. The number of hydrogen-bond donors (Lipinski definition) is 2. The minimum atomic E-state index is -4.43. The molecule has 3 aromatic rings. The highest BCUT2D eigenvalue weighted by molar-refractivity contribution is 5.81. The van der Waals surface area contributed by atoms with Gasteiger partial charge in [-0.1, -0.05) is 12.1 Å². The zero-order valence-electron chi connectivity index (χ0n) is 16.9. The molecular formula is C21H20F3N5O3. The van der Waals surface area contributed by atoms with Crippen LogP contribution in [0.3, 0.4) is 0 Å². The number of carbonyl (C=O) groups excluding carboxylic acids is 1. The second-order valence-electron chi connectivity index (χ2n) is 7.59. The van der Waals surface area contributed by atoms with Gasteiger partial charge in [0.05, 0.1) is 16.5 Å². The predicted octanol–water partition coefficient (Wildman–Crippen LogP) is 1.89. The number of fused-ring (bicyclic) bond motifs is 1. The minimum Gasteiger partial charge on any atom is -0.356 e. The molecule has 1 aliphatic heterocycles. The molecule has 1 aliphatic rings. The van der Waals surface area contributed by atoms with Crippen LogP contribution in [0, 0.1) is 0 Å². The van der Waals surface area contributed by atoms with E-state index in [1.54, 1.807) is 24.3 Å². The summed E-state index contributed by atoms with van der Waals surface area (Å²) in [5.74, 6) is 0.0874. The number of rotatable bonds is 4. The number of amides is 1. The number of aromatic amines is 1. The number of para-hydroxylation sites is 1.